The fourth-order valence-electron chi connectivity index (χ4n) is 1.94. The van der Waals surface area contributed by atoms with E-state index in [0.717, 1.165) is 12.1 Å². The van der Waals surface area contributed by atoms with E-state index in [-0.39, 0.29) is 18.1 Å². The van der Waals surface area contributed by atoms with Crippen LogP contribution in [-0.4, -0.2) is 55.8 Å². The summed E-state index contributed by atoms with van der Waals surface area (Å²) in [5.74, 6) is -0.0549. The summed E-state index contributed by atoms with van der Waals surface area (Å²) in [6.07, 6.45) is 0.226. The molecule has 0 aromatic heterocycles. The van der Waals surface area contributed by atoms with E-state index >= 15 is 0 Å². The number of nitrogens with one attached hydrogen (secondary N) is 1. The van der Waals surface area contributed by atoms with Gasteiger partial charge in [0.1, 0.15) is 0 Å². The standard InChI is InChI=1S/C15H23N3O2/c1-12(19)14-8-6-5-7-13(14)11-15(20)18(16-2)10-9-17(3)4/h5-8,16H,9-11H2,1-4H3. The highest BCUT2D eigenvalue weighted by atomic mass is 16.2. The molecular formula is C15H23N3O2. The maximum atomic E-state index is 12.3. The minimum absolute atomic E-state index is 0.0160. The van der Waals surface area contributed by atoms with Gasteiger partial charge in [-0.3, -0.25) is 14.6 Å². The fourth-order valence-corrected chi connectivity index (χ4v) is 1.94. The van der Waals surface area contributed by atoms with Crippen LogP contribution >= 0.6 is 0 Å². The molecule has 1 amide bonds. The SMILES string of the molecule is CNN(CCN(C)C)C(=O)Cc1ccccc1C(C)=O. The molecule has 1 rings (SSSR count). The lowest BCUT2D eigenvalue weighted by molar-refractivity contribution is -0.133. The molecule has 1 aromatic carbocycles. The van der Waals surface area contributed by atoms with Gasteiger partial charge in [-0.2, -0.15) is 0 Å². The molecule has 0 saturated carbocycles. The first-order chi connectivity index (χ1) is 9.45. The molecule has 0 fully saturated rings. The summed E-state index contributed by atoms with van der Waals surface area (Å²) in [7, 11) is 5.65. The first kappa shape index (κ1) is 16.3. The molecule has 20 heavy (non-hydrogen) atoms. The summed E-state index contributed by atoms with van der Waals surface area (Å²) in [5.41, 5.74) is 4.29. The number of benzene rings is 1. The van der Waals surface area contributed by atoms with Crippen LogP contribution < -0.4 is 5.43 Å². The maximum Gasteiger partial charge on any atom is 0.241 e. The van der Waals surface area contributed by atoms with Gasteiger partial charge >= 0.3 is 0 Å². The Balaban J connectivity index is 2.76. The Morgan fingerprint density at radius 2 is 1.80 bits per heavy atom. The Morgan fingerprint density at radius 1 is 1.15 bits per heavy atom. The lowest BCUT2D eigenvalue weighted by Crippen LogP contribution is -2.45. The number of Topliss-reactive ketones (excluding diaryl/α,β-unsaturated/α-hetero) is 1. The number of carbonyl (C=O) groups excluding carboxylic acids is 2. The molecule has 0 saturated heterocycles. The number of hydrogen-bond donors (Lipinski definition) is 1. The number of amides is 1. The van der Waals surface area contributed by atoms with E-state index in [1.54, 1.807) is 18.1 Å². The molecule has 5 heteroatoms. The van der Waals surface area contributed by atoms with E-state index in [4.69, 9.17) is 0 Å². The third-order valence-corrected chi connectivity index (χ3v) is 3.08. The highest BCUT2D eigenvalue weighted by Gasteiger charge is 2.15. The monoisotopic (exact) mass is 277 g/mol. The molecule has 110 valence electrons. The summed E-state index contributed by atoms with van der Waals surface area (Å²) < 4.78 is 0. The lowest BCUT2D eigenvalue weighted by Gasteiger charge is -2.23. The average molecular weight is 277 g/mol. The highest BCUT2D eigenvalue weighted by molar-refractivity contribution is 5.96. The molecule has 0 radical (unpaired) electrons. The smallest absolute Gasteiger partial charge is 0.241 e. The molecule has 5 nitrogen and oxygen atoms in total. The van der Waals surface area contributed by atoms with E-state index < -0.39 is 0 Å². The van der Waals surface area contributed by atoms with Crippen molar-refractivity contribution < 1.29 is 9.59 Å². The maximum absolute atomic E-state index is 12.3. The van der Waals surface area contributed by atoms with Crippen LogP contribution in [0.1, 0.15) is 22.8 Å². The largest absolute Gasteiger partial charge is 0.308 e. The molecule has 0 aliphatic rings. The van der Waals surface area contributed by atoms with E-state index in [1.165, 1.54) is 6.92 Å². The van der Waals surface area contributed by atoms with Gasteiger partial charge in [0.15, 0.2) is 5.78 Å². The van der Waals surface area contributed by atoms with E-state index in [9.17, 15) is 9.59 Å². The van der Waals surface area contributed by atoms with Crippen molar-refractivity contribution in [2.24, 2.45) is 0 Å². The van der Waals surface area contributed by atoms with Gasteiger partial charge in [0.05, 0.1) is 6.42 Å². The normalized spacial score (nSPS) is 10.7. The van der Waals surface area contributed by atoms with Crippen LogP contribution in [0.2, 0.25) is 0 Å². The molecule has 1 N–H and O–H groups in total. The summed E-state index contributed by atoms with van der Waals surface area (Å²) >= 11 is 0. The molecule has 0 bridgehead atoms. The van der Waals surface area contributed by atoms with Crippen LogP contribution in [0.4, 0.5) is 0 Å². The van der Waals surface area contributed by atoms with Gasteiger partial charge in [-0.05, 0) is 26.6 Å². The van der Waals surface area contributed by atoms with Crippen molar-refractivity contribution in [3.8, 4) is 0 Å². The molecule has 1 aromatic rings. The number of rotatable bonds is 7. The third kappa shape index (κ3) is 4.75. The zero-order valence-electron chi connectivity index (χ0n) is 12.6. The van der Waals surface area contributed by atoms with Gasteiger partial charge in [0.2, 0.25) is 5.91 Å². The van der Waals surface area contributed by atoms with Crippen LogP contribution in [0.3, 0.4) is 0 Å². The second-order valence-corrected chi connectivity index (χ2v) is 4.96. The molecule has 0 atom stereocenters. The van der Waals surface area contributed by atoms with Crippen LogP contribution in [0.15, 0.2) is 24.3 Å². The van der Waals surface area contributed by atoms with Gasteiger partial charge < -0.3 is 4.90 Å². The summed E-state index contributed by atoms with van der Waals surface area (Å²) in [6, 6.07) is 7.24. The molecule has 0 unspecified atom stereocenters. The van der Waals surface area contributed by atoms with E-state index in [2.05, 4.69) is 5.43 Å². The number of ketones is 1. The number of carbonyl (C=O) groups is 2. The Kier molecular flexibility index (Phi) is 6.35. The van der Waals surface area contributed by atoms with Gasteiger partial charge in [0.25, 0.3) is 0 Å². The topological polar surface area (TPSA) is 52.6 Å². The molecule has 0 heterocycles. The number of likely N-dealkylation sites (N-methyl/N-ethyl adjacent to an activating group) is 1. The number of hydrazine groups is 1. The summed E-state index contributed by atoms with van der Waals surface area (Å²) in [4.78, 5) is 25.8. The second-order valence-electron chi connectivity index (χ2n) is 4.96. The van der Waals surface area contributed by atoms with Crippen molar-refractivity contribution in [2.75, 3.05) is 34.2 Å². The quantitative estimate of drug-likeness (QED) is 0.596. The third-order valence-electron chi connectivity index (χ3n) is 3.08. The van der Waals surface area contributed by atoms with Crippen molar-refractivity contribution in [3.63, 3.8) is 0 Å². The molecular weight excluding hydrogens is 254 g/mol. The Hall–Kier alpha value is -1.72. The Morgan fingerprint density at radius 3 is 2.35 bits per heavy atom. The van der Waals surface area contributed by atoms with Gasteiger partial charge in [-0.15, -0.1) is 0 Å². The van der Waals surface area contributed by atoms with Crippen molar-refractivity contribution in [1.29, 1.82) is 0 Å². The van der Waals surface area contributed by atoms with Crippen molar-refractivity contribution >= 4 is 11.7 Å². The molecule has 0 spiro atoms. The van der Waals surface area contributed by atoms with Gasteiger partial charge in [-0.1, -0.05) is 24.3 Å². The second kappa shape index (κ2) is 7.77. The van der Waals surface area contributed by atoms with Crippen molar-refractivity contribution in [3.05, 3.63) is 35.4 Å². The Labute approximate surface area is 120 Å². The average Bonchev–Trinajstić information content (AvgIpc) is 2.39. The van der Waals surface area contributed by atoms with E-state index in [0.29, 0.717) is 12.1 Å². The summed E-state index contributed by atoms with van der Waals surface area (Å²) in [6.45, 7) is 2.90. The zero-order chi connectivity index (χ0) is 15.1. The molecule has 0 aliphatic heterocycles. The summed E-state index contributed by atoms with van der Waals surface area (Å²) in [5, 5.41) is 1.58. The zero-order valence-corrected chi connectivity index (χ0v) is 12.6. The van der Waals surface area contributed by atoms with Gasteiger partial charge in [0, 0.05) is 25.7 Å². The number of nitrogens with zero attached hydrogens (tertiary/aromatic N) is 2. The predicted octanol–water partition coefficient (Wildman–Crippen LogP) is 0.956. The minimum Gasteiger partial charge on any atom is -0.308 e. The predicted molar refractivity (Wildman–Crippen MR) is 79.5 cm³/mol. The van der Waals surface area contributed by atoms with Crippen LogP contribution in [-0.2, 0) is 11.2 Å². The minimum atomic E-state index is -0.0388. The Bertz CT molecular complexity index is 472. The van der Waals surface area contributed by atoms with Crippen LogP contribution in [0.5, 0.6) is 0 Å². The first-order valence-corrected chi connectivity index (χ1v) is 6.67. The van der Waals surface area contributed by atoms with E-state index in [1.807, 2.05) is 37.2 Å². The van der Waals surface area contributed by atoms with Crippen molar-refractivity contribution in [2.45, 2.75) is 13.3 Å². The van der Waals surface area contributed by atoms with Gasteiger partial charge in [-0.25, -0.2) is 5.43 Å². The van der Waals surface area contributed by atoms with Crippen LogP contribution in [0.25, 0.3) is 0 Å². The lowest BCUT2D eigenvalue weighted by atomic mass is 10.0. The van der Waals surface area contributed by atoms with Crippen LogP contribution in [0, 0.1) is 0 Å². The fraction of sp³-hybridized carbons (Fsp3) is 0.467. The first-order valence-electron chi connectivity index (χ1n) is 6.67. The number of hydrogen-bond acceptors (Lipinski definition) is 4. The molecule has 0 aliphatic carbocycles. The van der Waals surface area contributed by atoms with Crippen molar-refractivity contribution in [1.82, 2.24) is 15.3 Å². The highest BCUT2D eigenvalue weighted by Crippen LogP contribution is 2.11.